The molecule has 1 aromatic carbocycles. The molecule has 0 radical (unpaired) electrons. The Kier molecular flexibility index (Phi) is 2.47. The van der Waals surface area contributed by atoms with Crippen molar-refractivity contribution in [3.63, 3.8) is 0 Å². The van der Waals surface area contributed by atoms with E-state index in [9.17, 15) is 10.1 Å². The van der Waals surface area contributed by atoms with Crippen molar-refractivity contribution >= 4 is 17.2 Å². The number of non-ortho nitro benzene ring substituents is 1. The van der Waals surface area contributed by atoms with E-state index in [4.69, 9.17) is 10.5 Å². The number of benzene rings is 1. The largest absolute Gasteiger partial charge is 0.480 e. The number of amidine groups is 1. The minimum atomic E-state index is -0.474. The van der Waals surface area contributed by atoms with Crippen molar-refractivity contribution < 1.29 is 9.66 Å². The first-order chi connectivity index (χ1) is 7.61. The van der Waals surface area contributed by atoms with Crippen molar-refractivity contribution in [2.45, 2.75) is 19.4 Å². The maximum Gasteiger partial charge on any atom is 0.271 e. The van der Waals surface area contributed by atoms with Crippen LogP contribution in [-0.4, -0.2) is 16.9 Å². The Morgan fingerprint density at radius 1 is 1.62 bits per heavy atom. The Hall–Kier alpha value is -2.11. The van der Waals surface area contributed by atoms with Gasteiger partial charge in [-0.2, -0.15) is 0 Å². The van der Waals surface area contributed by atoms with Gasteiger partial charge in [0.25, 0.3) is 5.69 Å². The van der Waals surface area contributed by atoms with Crippen LogP contribution in [-0.2, 0) is 0 Å². The van der Waals surface area contributed by atoms with Gasteiger partial charge in [-0.15, -0.1) is 0 Å². The molecule has 1 unspecified atom stereocenters. The summed E-state index contributed by atoms with van der Waals surface area (Å²) < 4.78 is 5.55. The molecule has 0 saturated carbocycles. The van der Waals surface area contributed by atoms with Gasteiger partial charge in [0, 0.05) is 12.1 Å². The van der Waals surface area contributed by atoms with E-state index in [1.807, 2.05) is 6.92 Å². The van der Waals surface area contributed by atoms with Crippen LogP contribution in [0.25, 0.3) is 0 Å². The summed E-state index contributed by atoms with van der Waals surface area (Å²) in [5.74, 6) is 0.891. The summed E-state index contributed by atoms with van der Waals surface area (Å²) in [4.78, 5) is 14.2. The highest BCUT2D eigenvalue weighted by molar-refractivity contribution is 5.90. The van der Waals surface area contributed by atoms with Gasteiger partial charge in [-0.05, 0) is 12.5 Å². The Labute approximate surface area is 91.9 Å². The van der Waals surface area contributed by atoms with Crippen molar-refractivity contribution in [2.75, 3.05) is 0 Å². The van der Waals surface area contributed by atoms with Crippen LogP contribution in [0.15, 0.2) is 23.2 Å². The molecule has 16 heavy (non-hydrogen) atoms. The van der Waals surface area contributed by atoms with E-state index < -0.39 is 4.92 Å². The van der Waals surface area contributed by atoms with E-state index in [0.29, 0.717) is 23.7 Å². The van der Waals surface area contributed by atoms with Gasteiger partial charge in [0.2, 0.25) is 0 Å². The number of aliphatic imine (C=N–C) groups is 1. The average Bonchev–Trinajstić information content (AvgIpc) is 2.27. The van der Waals surface area contributed by atoms with Crippen molar-refractivity contribution in [1.82, 2.24) is 0 Å². The Bertz CT molecular complexity index is 470. The number of nitrogens with zero attached hydrogens (tertiary/aromatic N) is 2. The molecule has 0 amide bonds. The van der Waals surface area contributed by atoms with Crippen LogP contribution in [0.3, 0.4) is 0 Å². The summed E-state index contributed by atoms with van der Waals surface area (Å²) >= 11 is 0. The number of hydrogen-bond acceptors (Lipinski definition) is 5. The number of nitro groups is 1. The normalized spacial score (nSPS) is 18.3. The molecule has 0 fully saturated rings. The van der Waals surface area contributed by atoms with Crippen LogP contribution >= 0.6 is 0 Å². The number of nitrogens with two attached hydrogens (primary N) is 1. The van der Waals surface area contributed by atoms with E-state index in [1.54, 1.807) is 6.07 Å². The molecular formula is C10H11N3O3. The summed E-state index contributed by atoms with van der Waals surface area (Å²) in [5, 5.41) is 10.6. The lowest BCUT2D eigenvalue weighted by molar-refractivity contribution is -0.384. The predicted molar refractivity (Wildman–Crippen MR) is 59.1 cm³/mol. The zero-order chi connectivity index (χ0) is 11.7. The molecule has 0 bridgehead atoms. The summed E-state index contributed by atoms with van der Waals surface area (Å²) in [6.07, 6.45) is 0.472. The zero-order valence-electron chi connectivity index (χ0n) is 8.71. The van der Waals surface area contributed by atoms with E-state index >= 15 is 0 Å². The number of hydrogen-bond donors (Lipinski definition) is 1. The number of nitro benzene ring substituents is 1. The molecule has 1 heterocycles. The molecule has 84 valence electrons. The lowest BCUT2D eigenvalue weighted by Gasteiger charge is -2.22. The Morgan fingerprint density at radius 3 is 3.00 bits per heavy atom. The summed E-state index contributed by atoms with van der Waals surface area (Å²) in [5.41, 5.74) is 6.08. The topological polar surface area (TPSA) is 90.8 Å². The first-order valence-electron chi connectivity index (χ1n) is 4.91. The van der Waals surface area contributed by atoms with Crippen LogP contribution in [0.4, 0.5) is 11.4 Å². The maximum absolute atomic E-state index is 10.6. The third kappa shape index (κ3) is 1.69. The average molecular weight is 221 g/mol. The van der Waals surface area contributed by atoms with Crippen molar-refractivity contribution in [3.05, 3.63) is 28.3 Å². The second kappa shape index (κ2) is 3.80. The highest BCUT2D eigenvalue weighted by atomic mass is 16.6. The molecule has 0 saturated heterocycles. The summed E-state index contributed by atoms with van der Waals surface area (Å²) in [7, 11) is 0. The first kappa shape index (κ1) is 10.4. The second-order valence-corrected chi connectivity index (χ2v) is 3.46. The fourth-order valence-corrected chi connectivity index (χ4v) is 1.52. The van der Waals surface area contributed by atoms with E-state index in [1.165, 1.54) is 12.1 Å². The Balaban J connectivity index is 2.43. The standard InChI is InChI=1S/C10H11N3O3/c1-2-8-10(11)12-7-5-6(13(14)15)3-4-9(7)16-8/h3-5,8H,2H2,1H3,(H2,11,12). The van der Waals surface area contributed by atoms with Crippen molar-refractivity contribution in [1.29, 1.82) is 0 Å². The third-order valence-electron chi connectivity index (χ3n) is 2.37. The maximum atomic E-state index is 10.6. The Morgan fingerprint density at radius 2 is 2.38 bits per heavy atom. The fourth-order valence-electron chi connectivity index (χ4n) is 1.52. The van der Waals surface area contributed by atoms with Gasteiger partial charge in [-0.3, -0.25) is 10.1 Å². The zero-order valence-corrected chi connectivity index (χ0v) is 8.71. The number of ether oxygens (including phenoxy) is 1. The molecule has 1 atom stereocenters. The van der Waals surface area contributed by atoms with Crippen LogP contribution in [0.2, 0.25) is 0 Å². The quantitative estimate of drug-likeness (QED) is 0.608. The van der Waals surface area contributed by atoms with Crippen LogP contribution in [0, 0.1) is 10.1 Å². The second-order valence-electron chi connectivity index (χ2n) is 3.46. The summed E-state index contributed by atoms with van der Waals surface area (Å²) in [6.45, 7) is 1.93. The molecule has 0 aliphatic carbocycles. The lowest BCUT2D eigenvalue weighted by atomic mass is 10.2. The van der Waals surface area contributed by atoms with Crippen LogP contribution in [0.5, 0.6) is 5.75 Å². The van der Waals surface area contributed by atoms with Crippen molar-refractivity contribution in [2.24, 2.45) is 10.7 Å². The highest BCUT2D eigenvalue weighted by Gasteiger charge is 2.22. The van der Waals surface area contributed by atoms with Crippen LogP contribution < -0.4 is 10.5 Å². The van der Waals surface area contributed by atoms with Gasteiger partial charge in [0.1, 0.15) is 17.3 Å². The van der Waals surface area contributed by atoms with E-state index in [-0.39, 0.29) is 11.8 Å². The molecule has 6 heteroatoms. The van der Waals surface area contributed by atoms with Gasteiger partial charge in [0.15, 0.2) is 6.10 Å². The van der Waals surface area contributed by atoms with Gasteiger partial charge >= 0.3 is 0 Å². The monoisotopic (exact) mass is 221 g/mol. The molecule has 1 aromatic rings. The lowest BCUT2D eigenvalue weighted by Crippen LogP contribution is -2.35. The smallest absolute Gasteiger partial charge is 0.271 e. The number of rotatable bonds is 2. The molecule has 6 nitrogen and oxygen atoms in total. The van der Waals surface area contributed by atoms with Gasteiger partial charge < -0.3 is 10.5 Å². The molecule has 0 aromatic heterocycles. The van der Waals surface area contributed by atoms with Gasteiger partial charge in [-0.25, -0.2) is 4.99 Å². The summed E-state index contributed by atoms with van der Waals surface area (Å²) in [6, 6.07) is 4.29. The molecule has 1 aliphatic heterocycles. The van der Waals surface area contributed by atoms with E-state index in [0.717, 1.165) is 0 Å². The van der Waals surface area contributed by atoms with Gasteiger partial charge in [0.05, 0.1) is 4.92 Å². The predicted octanol–water partition coefficient (Wildman–Crippen LogP) is 1.75. The molecular weight excluding hydrogens is 210 g/mol. The molecule has 2 rings (SSSR count). The van der Waals surface area contributed by atoms with Crippen molar-refractivity contribution in [3.8, 4) is 5.75 Å². The minimum Gasteiger partial charge on any atom is -0.480 e. The molecule has 1 aliphatic rings. The van der Waals surface area contributed by atoms with E-state index in [2.05, 4.69) is 4.99 Å². The van der Waals surface area contributed by atoms with Gasteiger partial charge in [-0.1, -0.05) is 6.92 Å². The first-order valence-corrected chi connectivity index (χ1v) is 4.91. The molecule has 0 spiro atoms. The SMILES string of the molecule is CCC1Oc2ccc([N+](=O)[O-])cc2N=C1N. The third-order valence-corrected chi connectivity index (χ3v) is 2.37. The van der Waals surface area contributed by atoms with Crippen LogP contribution in [0.1, 0.15) is 13.3 Å². The highest BCUT2D eigenvalue weighted by Crippen LogP contribution is 2.35. The number of fused-ring (bicyclic) bond motifs is 1. The fraction of sp³-hybridized carbons (Fsp3) is 0.300. The molecule has 2 N–H and O–H groups in total. The minimum absolute atomic E-state index is 0.0196.